The molecular weight excluding hydrogens is 285 g/mol. The summed E-state index contributed by atoms with van der Waals surface area (Å²) < 4.78 is 37.7. The molecule has 4 nitrogen and oxygen atoms in total. The van der Waals surface area contributed by atoms with Crippen molar-refractivity contribution in [2.75, 3.05) is 11.4 Å². The Bertz CT molecular complexity index is 476. The zero-order valence-corrected chi connectivity index (χ0v) is 11.9. The summed E-state index contributed by atoms with van der Waals surface area (Å²) in [5, 5.41) is 19.9. The fourth-order valence-corrected chi connectivity index (χ4v) is 2.75. The van der Waals surface area contributed by atoms with Gasteiger partial charge in [-0.05, 0) is 24.5 Å². The topological polar surface area (TPSA) is 56.6 Å². The quantitative estimate of drug-likeness (QED) is 0.878. The predicted octanol–water partition coefficient (Wildman–Crippen LogP) is 2.06. The molecular formula is C14H19F3N2O2. The fourth-order valence-electron chi connectivity index (χ4n) is 2.75. The van der Waals surface area contributed by atoms with Gasteiger partial charge in [0.15, 0.2) is 0 Å². The van der Waals surface area contributed by atoms with E-state index in [0.29, 0.717) is 18.8 Å². The van der Waals surface area contributed by atoms with E-state index in [1.54, 1.807) is 4.90 Å². The Kier molecular flexibility index (Phi) is 4.43. The minimum Gasteiger partial charge on any atom is -0.390 e. The van der Waals surface area contributed by atoms with Crippen LogP contribution >= 0.6 is 0 Å². The summed E-state index contributed by atoms with van der Waals surface area (Å²) in [5.41, 5.74) is -0.801. The summed E-state index contributed by atoms with van der Waals surface area (Å²) in [5.74, 6) is 0.409. The summed E-state index contributed by atoms with van der Waals surface area (Å²) in [6.07, 6.45) is -5.02. The van der Waals surface area contributed by atoms with Gasteiger partial charge in [-0.25, -0.2) is 4.98 Å². The molecule has 0 amide bonds. The predicted molar refractivity (Wildman–Crippen MR) is 71.8 cm³/mol. The van der Waals surface area contributed by atoms with Gasteiger partial charge in [-0.2, -0.15) is 13.2 Å². The molecule has 21 heavy (non-hydrogen) atoms. The van der Waals surface area contributed by atoms with Gasteiger partial charge < -0.3 is 15.1 Å². The lowest BCUT2D eigenvalue weighted by molar-refractivity contribution is -0.137. The summed E-state index contributed by atoms with van der Waals surface area (Å²) in [6.45, 7) is 4.23. The number of hydrogen-bond acceptors (Lipinski definition) is 4. The van der Waals surface area contributed by atoms with Crippen LogP contribution in [-0.4, -0.2) is 40.0 Å². The lowest BCUT2D eigenvalue weighted by atomic mass is 9.88. The number of rotatable bonds is 2. The third-order valence-corrected chi connectivity index (χ3v) is 3.82. The second-order valence-electron chi connectivity index (χ2n) is 5.68. The molecule has 7 heteroatoms. The zero-order valence-electron chi connectivity index (χ0n) is 11.9. The van der Waals surface area contributed by atoms with E-state index >= 15 is 0 Å². The average molecular weight is 304 g/mol. The van der Waals surface area contributed by atoms with E-state index in [0.717, 1.165) is 12.3 Å². The first-order valence-corrected chi connectivity index (χ1v) is 6.88. The Hall–Kier alpha value is -1.34. The van der Waals surface area contributed by atoms with E-state index in [1.165, 1.54) is 6.07 Å². The van der Waals surface area contributed by atoms with Gasteiger partial charge in [0.1, 0.15) is 11.9 Å². The standard InChI is InChI=1S/C14H19F3N2O2/c1-8(2)12-13(21)10(20)5-6-19(12)11-4-3-9(7-18-11)14(15,16)17/h3-4,7-8,10,12-13,20-21H,5-6H2,1-2H3. The number of pyridine rings is 1. The smallest absolute Gasteiger partial charge is 0.390 e. The number of nitrogens with zero attached hydrogens (tertiary/aromatic N) is 2. The third kappa shape index (κ3) is 3.29. The maximum atomic E-state index is 12.6. The van der Waals surface area contributed by atoms with E-state index in [4.69, 9.17) is 0 Å². The summed E-state index contributed by atoms with van der Waals surface area (Å²) in [4.78, 5) is 5.64. The second kappa shape index (κ2) is 5.81. The lowest BCUT2D eigenvalue weighted by Gasteiger charge is -2.44. The van der Waals surface area contributed by atoms with Crippen LogP contribution in [0.25, 0.3) is 0 Å². The van der Waals surface area contributed by atoms with Crippen LogP contribution in [0.4, 0.5) is 19.0 Å². The molecule has 2 rings (SSSR count). The third-order valence-electron chi connectivity index (χ3n) is 3.82. The minimum absolute atomic E-state index is 0.0269. The highest BCUT2D eigenvalue weighted by Gasteiger charge is 2.39. The van der Waals surface area contributed by atoms with E-state index in [-0.39, 0.29) is 12.0 Å². The molecule has 0 radical (unpaired) electrons. The largest absolute Gasteiger partial charge is 0.417 e. The molecule has 0 saturated carbocycles. The van der Waals surface area contributed by atoms with E-state index < -0.39 is 23.9 Å². The highest BCUT2D eigenvalue weighted by atomic mass is 19.4. The molecule has 1 aliphatic rings. The Labute approximate surface area is 121 Å². The molecule has 1 aromatic rings. The maximum Gasteiger partial charge on any atom is 0.417 e. The highest BCUT2D eigenvalue weighted by molar-refractivity contribution is 5.42. The van der Waals surface area contributed by atoms with Gasteiger partial charge >= 0.3 is 6.18 Å². The van der Waals surface area contributed by atoms with Crippen LogP contribution in [0.2, 0.25) is 0 Å². The molecule has 2 N–H and O–H groups in total. The molecule has 118 valence electrons. The Balaban J connectivity index is 2.27. The lowest BCUT2D eigenvalue weighted by Crippen LogP contribution is -2.57. The molecule has 0 aromatic carbocycles. The molecule has 1 fully saturated rings. The molecule has 0 aliphatic carbocycles. The Morgan fingerprint density at radius 2 is 1.95 bits per heavy atom. The van der Waals surface area contributed by atoms with Crippen molar-refractivity contribution in [2.24, 2.45) is 5.92 Å². The van der Waals surface area contributed by atoms with Crippen LogP contribution in [0, 0.1) is 5.92 Å². The molecule has 0 bridgehead atoms. The summed E-state index contributed by atoms with van der Waals surface area (Å²) in [7, 11) is 0. The number of anilines is 1. The molecule has 2 heterocycles. The van der Waals surface area contributed by atoms with Crippen molar-refractivity contribution in [3.63, 3.8) is 0 Å². The van der Waals surface area contributed by atoms with Crippen molar-refractivity contribution in [2.45, 2.75) is 44.7 Å². The number of alkyl halides is 3. The van der Waals surface area contributed by atoms with Crippen LogP contribution in [0.15, 0.2) is 18.3 Å². The molecule has 1 aliphatic heterocycles. The molecule has 0 spiro atoms. The first-order chi connectivity index (χ1) is 9.71. The van der Waals surface area contributed by atoms with Gasteiger partial charge in [-0.15, -0.1) is 0 Å². The van der Waals surface area contributed by atoms with Gasteiger partial charge in [0.2, 0.25) is 0 Å². The van der Waals surface area contributed by atoms with Crippen molar-refractivity contribution in [1.82, 2.24) is 4.98 Å². The summed E-state index contributed by atoms with van der Waals surface area (Å²) >= 11 is 0. The van der Waals surface area contributed by atoms with Crippen LogP contribution in [0.3, 0.4) is 0 Å². The normalized spacial score (nSPS) is 27.2. The molecule has 1 aromatic heterocycles. The van der Waals surface area contributed by atoms with Crippen molar-refractivity contribution in [3.8, 4) is 0 Å². The van der Waals surface area contributed by atoms with Crippen LogP contribution in [0.1, 0.15) is 25.8 Å². The van der Waals surface area contributed by atoms with E-state index in [1.807, 2.05) is 13.8 Å². The number of aromatic nitrogens is 1. The van der Waals surface area contributed by atoms with Gasteiger partial charge in [0.25, 0.3) is 0 Å². The van der Waals surface area contributed by atoms with Gasteiger partial charge in [-0.1, -0.05) is 13.8 Å². The minimum atomic E-state index is -4.42. The fraction of sp³-hybridized carbons (Fsp3) is 0.643. The zero-order chi connectivity index (χ0) is 15.8. The van der Waals surface area contributed by atoms with Crippen molar-refractivity contribution >= 4 is 5.82 Å². The first-order valence-electron chi connectivity index (χ1n) is 6.88. The number of halogens is 3. The van der Waals surface area contributed by atoms with Gasteiger partial charge in [0.05, 0.1) is 17.7 Å². The number of aliphatic hydroxyl groups is 2. The summed E-state index contributed by atoms with van der Waals surface area (Å²) in [6, 6.07) is 1.91. The molecule has 1 saturated heterocycles. The van der Waals surface area contributed by atoms with E-state index in [9.17, 15) is 23.4 Å². The highest BCUT2D eigenvalue weighted by Crippen LogP contribution is 2.32. The second-order valence-corrected chi connectivity index (χ2v) is 5.68. The number of hydrogen-bond donors (Lipinski definition) is 2. The number of aliphatic hydroxyl groups excluding tert-OH is 2. The van der Waals surface area contributed by atoms with Crippen molar-refractivity contribution in [3.05, 3.63) is 23.9 Å². The average Bonchev–Trinajstić information content (AvgIpc) is 2.40. The van der Waals surface area contributed by atoms with Crippen LogP contribution in [-0.2, 0) is 6.18 Å². The van der Waals surface area contributed by atoms with Gasteiger partial charge in [-0.3, -0.25) is 0 Å². The molecule has 3 atom stereocenters. The number of piperidine rings is 1. The Morgan fingerprint density at radius 3 is 2.43 bits per heavy atom. The SMILES string of the molecule is CC(C)C1C(O)C(O)CCN1c1ccc(C(F)(F)F)cn1. The first kappa shape index (κ1) is 16.0. The van der Waals surface area contributed by atoms with Crippen LogP contribution in [0.5, 0.6) is 0 Å². The maximum absolute atomic E-state index is 12.6. The molecule has 3 unspecified atom stereocenters. The van der Waals surface area contributed by atoms with Crippen LogP contribution < -0.4 is 4.90 Å². The van der Waals surface area contributed by atoms with Gasteiger partial charge in [0, 0.05) is 12.7 Å². The Morgan fingerprint density at radius 1 is 1.29 bits per heavy atom. The van der Waals surface area contributed by atoms with Crippen molar-refractivity contribution < 1.29 is 23.4 Å². The van der Waals surface area contributed by atoms with E-state index in [2.05, 4.69) is 4.98 Å². The monoisotopic (exact) mass is 304 g/mol. The van der Waals surface area contributed by atoms with Crippen molar-refractivity contribution in [1.29, 1.82) is 0 Å².